The van der Waals surface area contributed by atoms with Crippen LogP contribution >= 0.6 is 11.3 Å². The highest BCUT2D eigenvalue weighted by atomic mass is 32.1. The second kappa shape index (κ2) is 4.54. The van der Waals surface area contributed by atoms with Crippen molar-refractivity contribution >= 4 is 22.4 Å². The minimum Gasteiger partial charge on any atom is -0.375 e. The van der Waals surface area contributed by atoms with Crippen LogP contribution in [0.25, 0.3) is 11.3 Å². The normalized spacial score (nSPS) is 11.5. The first-order valence-corrected chi connectivity index (χ1v) is 5.84. The summed E-state index contributed by atoms with van der Waals surface area (Å²) in [5.74, 6) is -0.776. The van der Waals surface area contributed by atoms with Gasteiger partial charge in [-0.25, -0.2) is 4.98 Å². The quantitative estimate of drug-likeness (QED) is 0.890. The smallest absolute Gasteiger partial charge is 0.375 e. The summed E-state index contributed by atoms with van der Waals surface area (Å²) in [5.41, 5.74) is 9.99. The van der Waals surface area contributed by atoms with Gasteiger partial charge in [-0.2, -0.15) is 13.2 Å². The lowest BCUT2D eigenvalue weighted by Crippen LogP contribution is -2.10. The molecule has 0 aliphatic rings. The van der Waals surface area contributed by atoms with Crippen LogP contribution in [0.15, 0.2) is 24.3 Å². The molecule has 1 aromatic carbocycles. The Bertz CT molecular complexity index is 636. The molecule has 2 aromatic rings. The fraction of sp³-hybridized carbons (Fsp3) is 0.0909. The number of aromatic nitrogens is 1. The number of hydrogen-bond donors (Lipinski definition) is 2. The fourth-order valence-corrected chi connectivity index (χ4v) is 2.25. The highest BCUT2D eigenvalue weighted by Crippen LogP contribution is 2.34. The number of anilines is 1. The zero-order valence-corrected chi connectivity index (χ0v) is 10.2. The molecule has 1 aromatic heterocycles. The van der Waals surface area contributed by atoms with Gasteiger partial charge < -0.3 is 11.5 Å². The predicted molar refractivity (Wildman–Crippen MR) is 65.5 cm³/mol. The van der Waals surface area contributed by atoms with Gasteiger partial charge in [0.2, 0.25) is 0 Å². The van der Waals surface area contributed by atoms with Gasteiger partial charge in [0.15, 0.2) is 5.13 Å². The third-order valence-electron chi connectivity index (χ3n) is 2.33. The number of nitrogen functional groups attached to an aromatic ring is 1. The second-order valence-corrected chi connectivity index (χ2v) is 4.70. The molecular weight excluding hydrogens is 279 g/mol. The number of carbonyl (C=O) groups is 1. The lowest BCUT2D eigenvalue weighted by molar-refractivity contribution is -0.137. The highest BCUT2D eigenvalue weighted by molar-refractivity contribution is 7.17. The Morgan fingerprint density at radius 3 is 2.58 bits per heavy atom. The van der Waals surface area contributed by atoms with E-state index in [4.69, 9.17) is 11.5 Å². The number of hydrogen-bond acceptors (Lipinski definition) is 4. The Morgan fingerprint density at radius 2 is 2.00 bits per heavy atom. The molecule has 0 spiro atoms. The maximum absolute atomic E-state index is 12.6. The topological polar surface area (TPSA) is 82.0 Å². The molecule has 0 bridgehead atoms. The molecular formula is C11H8F3N3OS. The number of benzene rings is 1. The van der Waals surface area contributed by atoms with Crippen molar-refractivity contribution in [3.05, 3.63) is 34.7 Å². The molecule has 1 amide bonds. The average molecular weight is 287 g/mol. The standard InChI is InChI=1S/C11H8F3N3OS/c12-11(13,14)6-3-1-2-5(4-6)7-8(9(15)18)19-10(16)17-7/h1-4H,(H2,15,18)(H2,16,17). The van der Waals surface area contributed by atoms with E-state index < -0.39 is 17.6 Å². The Morgan fingerprint density at radius 1 is 1.32 bits per heavy atom. The van der Waals surface area contributed by atoms with Crippen LogP contribution < -0.4 is 11.5 Å². The van der Waals surface area contributed by atoms with Gasteiger partial charge in [0.25, 0.3) is 5.91 Å². The van der Waals surface area contributed by atoms with Crippen LogP contribution in [0.2, 0.25) is 0 Å². The van der Waals surface area contributed by atoms with Crippen molar-refractivity contribution in [1.29, 1.82) is 0 Å². The van der Waals surface area contributed by atoms with E-state index in [-0.39, 0.29) is 21.3 Å². The van der Waals surface area contributed by atoms with Gasteiger partial charge in [-0.05, 0) is 12.1 Å². The van der Waals surface area contributed by atoms with Gasteiger partial charge in [0.05, 0.1) is 11.3 Å². The second-order valence-electron chi connectivity index (χ2n) is 3.67. The summed E-state index contributed by atoms with van der Waals surface area (Å²) in [6, 6.07) is 4.48. The Hall–Kier alpha value is -2.09. The molecule has 4 nitrogen and oxygen atoms in total. The molecule has 1 heterocycles. The molecule has 0 radical (unpaired) electrons. The highest BCUT2D eigenvalue weighted by Gasteiger charge is 2.31. The molecule has 4 N–H and O–H groups in total. The van der Waals surface area contributed by atoms with Crippen molar-refractivity contribution in [3.8, 4) is 11.3 Å². The lowest BCUT2D eigenvalue weighted by atomic mass is 10.1. The zero-order valence-electron chi connectivity index (χ0n) is 9.36. The SMILES string of the molecule is NC(=O)c1sc(N)nc1-c1cccc(C(F)(F)F)c1. The van der Waals surface area contributed by atoms with E-state index in [0.717, 1.165) is 23.5 Å². The summed E-state index contributed by atoms with van der Waals surface area (Å²) in [5, 5.41) is 0.0706. The maximum atomic E-state index is 12.6. The molecule has 2 rings (SSSR count). The van der Waals surface area contributed by atoms with E-state index in [0.29, 0.717) is 0 Å². The van der Waals surface area contributed by atoms with Gasteiger partial charge in [0, 0.05) is 5.56 Å². The number of carbonyl (C=O) groups excluding carboxylic acids is 1. The first-order chi connectivity index (χ1) is 8.79. The lowest BCUT2D eigenvalue weighted by Gasteiger charge is -2.08. The number of primary amides is 1. The van der Waals surface area contributed by atoms with Crippen molar-refractivity contribution in [2.24, 2.45) is 5.73 Å². The summed E-state index contributed by atoms with van der Waals surface area (Å²) >= 11 is 0.842. The molecule has 8 heteroatoms. The number of nitrogens with zero attached hydrogens (tertiary/aromatic N) is 1. The van der Waals surface area contributed by atoms with Crippen LogP contribution in [0.4, 0.5) is 18.3 Å². The largest absolute Gasteiger partial charge is 0.416 e. The third-order valence-corrected chi connectivity index (χ3v) is 3.23. The van der Waals surface area contributed by atoms with Crippen molar-refractivity contribution in [2.45, 2.75) is 6.18 Å². The number of amides is 1. The molecule has 0 atom stereocenters. The monoisotopic (exact) mass is 287 g/mol. The summed E-state index contributed by atoms with van der Waals surface area (Å²) in [6.07, 6.45) is -4.47. The Labute approximate surface area is 109 Å². The molecule has 0 aliphatic heterocycles. The number of alkyl halides is 3. The first kappa shape index (κ1) is 13.3. The molecule has 100 valence electrons. The van der Waals surface area contributed by atoms with Gasteiger partial charge >= 0.3 is 6.18 Å². The van der Waals surface area contributed by atoms with Crippen molar-refractivity contribution in [3.63, 3.8) is 0 Å². The third kappa shape index (κ3) is 2.68. The fourth-order valence-electron chi connectivity index (χ4n) is 1.54. The van der Waals surface area contributed by atoms with Gasteiger partial charge in [-0.3, -0.25) is 4.79 Å². The van der Waals surface area contributed by atoms with E-state index in [9.17, 15) is 18.0 Å². The number of halogens is 3. The summed E-state index contributed by atoms with van der Waals surface area (Å²) in [4.78, 5) is 15.1. The minimum absolute atomic E-state index is 0.0387. The van der Waals surface area contributed by atoms with Crippen LogP contribution in [0.5, 0.6) is 0 Å². The first-order valence-electron chi connectivity index (χ1n) is 5.03. The van der Waals surface area contributed by atoms with E-state index in [1.54, 1.807) is 0 Å². The van der Waals surface area contributed by atoms with Crippen molar-refractivity contribution in [2.75, 3.05) is 5.73 Å². The molecule has 0 aliphatic carbocycles. The average Bonchev–Trinajstić information content (AvgIpc) is 2.71. The van der Waals surface area contributed by atoms with Gasteiger partial charge in [0.1, 0.15) is 4.88 Å². The van der Waals surface area contributed by atoms with E-state index in [2.05, 4.69) is 4.98 Å². The molecule has 0 unspecified atom stereocenters. The Kier molecular flexibility index (Phi) is 3.19. The maximum Gasteiger partial charge on any atom is 0.416 e. The van der Waals surface area contributed by atoms with Gasteiger partial charge in [-0.15, -0.1) is 0 Å². The number of nitrogens with two attached hydrogens (primary N) is 2. The molecule has 0 saturated carbocycles. The van der Waals surface area contributed by atoms with Crippen LogP contribution in [-0.2, 0) is 6.18 Å². The number of rotatable bonds is 2. The van der Waals surface area contributed by atoms with E-state index in [1.807, 2.05) is 0 Å². The number of thiazole rings is 1. The van der Waals surface area contributed by atoms with Crippen LogP contribution in [-0.4, -0.2) is 10.9 Å². The van der Waals surface area contributed by atoms with Crippen LogP contribution in [0, 0.1) is 0 Å². The van der Waals surface area contributed by atoms with Gasteiger partial charge in [-0.1, -0.05) is 23.5 Å². The zero-order chi connectivity index (χ0) is 14.2. The van der Waals surface area contributed by atoms with E-state index in [1.165, 1.54) is 12.1 Å². The molecule has 0 fully saturated rings. The van der Waals surface area contributed by atoms with Crippen molar-refractivity contribution < 1.29 is 18.0 Å². The Balaban J connectivity index is 2.57. The summed E-state index contributed by atoms with van der Waals surface area (Å²) < 4.78 is 37.8. The predicted octanol–water partition coefficient (Wildman–Crippen LogP) is 2.51. The van der Waals surface area contributed by atoms with Crippen LogP contribution in [0.3, 0.4) is 0 Å². The summed E-state index contributed by atoms with van der Waals surface area (Å²) in [6.45, 7) is 0. The van der Waals surface area contributed by atoms with E-state index >= 15 is 0 Å². The molecule has 19 heavy (non-hydrogen) atoms. The van der Waals surface area contributed by atoms with Crippen LogP contribution in [0.1, 0.15) is 15.2 Å². The summed E-state index contributed by atoms with van der Waals surface area (Å²) in [7, 11) is 0. The minimum atomic E-state index is -4.47. The van der Waals surface area contributed by atoms with Crippen molar-refractivity contribution in [1.82, 2.24) is 4.98 Å². The molecule has 0 saturated heterocycles.